The highest BCUT2D eigenvalue weighted by molar-refractivity contribution is 7.98. The van der Waals surface area contributed by atoms with Gasteiger partial charge >= 0.3 is 0 Å². The van der Waals surface area contributed by atoms with Crippen molar-refractivity contribution in [2.45, 2.75) is 18.7 Å². The maximum Gasteiger partial charge on any atom is 0.243 e. The number of ether oxygens (including phenoxy) is 1. The second-order valence-corrected chi connectivity index (χ2v) is 9.33. The Balaban J connectivity index is 1.92. The van der Waals surface area contributed by atoms with Crippen LogP contribution in [0.5, 0.6) is 5.75 Å². The van der Waals surface area contributed by atoms with E-state index >= 15 is 0 Å². The first kappa shape index (κ1) is 23.0. The number of amides is 1. The van der Waals surface area contributed by atoms with Crippen molar-refractivity contribution in [2.75, 3.05) is 30.0 Å². The van der Waals surface area contributed by atoms with E-state index in [9.17, 15) is 17.6 Å². The summed E-state index contributed by atoms with van der Waals surface area (Å²) >= 11 is 1.49. The molecule has 0 fully saturated rings. The van der Waals surface area contributed by atoms with Crippen molar-refractivity contribution in [3.8, 4) is 5.75 Å². The summed E-state index contributed by atoms with van der Waals surface area (Å²) < 4.78 is 44.3. The van der Waals surface area contributed by atoms with Crippen LogP contribution >= 0.6 is 11.8 Å². The molecule has 6 nitrogen and oxygen atoms in total. The van der Waals surface area contributed by atoms with Crippen LogP contribution in [0.3, 0.4) is 0 Å². The molecule has 2 aromatic rings. The summed E-state index contributed by atoms with van der Waals surface area (Å²) in [7, 11) is -2.16. The van der Waals surface area contributed by atoms with Crippen molar-refractivity contribution < 1.29 is 22.3 Å². The number of hydrogen-bond acceptors (Lipinski definition) is 5. The summed E-state index contributed by atoms with van der Waals surface area (Å²) in [5, 5.41) is 2.74. The van der Waals surface area contributed by atoms with E-state index in [0.29, 0.717) is 35.1 Å². The lowest BCUT2D eigenvalue weighted by molar-refractivity contribution is -0.121. The van der Waals surface area contributed by atoms with Gasteiger partial charge in [0.2, 0.25) is 15.9 Å². The molecule has 0 saturated carbocycles. The van der Waals surface area contributed by atoms with Gasteiger partial charge in [0.05, 0.1) is 19.1 Å². The number of rotatable bonds is 10. The SMILES string of the molecule is COc1ccc(N([C@H](C)C(=O)NCCSCc2ccccc2F)S(C)(=O)=O)cc1. The maximum absolute atomic E-state index is 13.6. The smallest absolute Gasteiger partial charge is 0.243 e. The molecule has 158 valence electrons. The molecule has 29 heavy (non-hydrogen) atoms. The normalized spacial score (nSPS) is 12.3. The van der Waals surface area contributed by atoms with E-state index in [1.807, 2.05) is 0 Å². The number of hydrogen-bond donors (Lipinski definition) is 1. The molecule has 1 N–H and O–H groups in total. The average Bonchev–Trinajstić information content (AvgIpc) is 2.68. The fourth-order valence-electron chi connectivity index (χ4n) is 2.73. The van der Waals surface area contributed by atoms with Gasteiger partial charge < -0.3 is 10.1 Å². The van der Waals surface area contributed by atoms with E-state index in [1.165, 1.54) is 31.9 Å². The minimum atomic E-state index is -3.67. The third-order valence-electron chi connectivity index (χ3n) is 4.18. The summed E-state index contributed by atoms with van der Waals surface area (Å²) in [6.07, 6.45) is 1.06. The fraction of sp³-hybridized carbons (Fsp3) is 0.350. The number of methoxy groups -OCH3 is 1. The Hall–Kier alpha value is -2.26. The molecule has 0 spiro atoms. The molecular formula is C20H25FN2O4S2. The topological polar surface area (TPSA) is 75.7 Å². The summed E-state index contributed by atoms with van der Waals surface area (Å²) in [6.45, 7) is 1.88. The molecule has 0 aliphatic rings. The number of benzene rings is 2. The highest BCUT2D eigenvalue weighted by Crippen LogP contribution is 2.24. The quantitative estimate of drug-likeness (QED) is 0.575. The van der Waals surface area contributed by atoms with Crippen LogP contribution in [0.1, 0.15) is 12.5 Å². The molecule has 0 aromatic heterocycles. The molecule has 0 radical (unpaired) electrons. The fourth-order valence-corrected chi connectivity index (χ4v) is 4.75. The van der Waals surface area contributed by atoms with Crippen LogP contribution in [0, 0.1) is 5.82 Å². The van der Waals surface area contributed by atoms with Gasteiger partial charge in [0, 0.05) is 18.1 Å². The van der Waals surface area contributed by atoms with E-state index < -0.39 is 22.0 Å². The minimum absolute atomic E-state index is 0.249. The summed E-state index contributed by atoms with van der Waals surface area (Å²) in [5.41, 5.74) is 0.991. The molecule has 0 unspecified atom stereocenters. The van der Waals surface area contributed by atoms with E-state index in [2.05, 4.69) is 5.32 Å². The molecule has 0 saturated heterocycles. The van der Waals surface area contributed by atoms with Crippen molar-refractivity contribution in [1.82, 2.24) is 5.32 Å². The monoisotopic (exact) mass is 440 g/mol. The van der Waals surface area contributed by atoms with Gasteiger partial charge in [-0.3, -0.25) is 9.10 Å². The number of thioether (sulfide) groups is 1. The van der Waals surface area contributed by atoms with Gasteiger partial charge in [-0.2, -0.15) is 11.8 Å². The van der Waals surface area contributed by atoms with Gasteiger partial charge in [-0.05, 0) is 42.8 Å². The summed E-state index contributed by atoms with van der Waals surface area (Å²) in [6, 6.07) is 12.1. The first-order valence-corrected chi connectivity index (χ1v) is 12.0. The Morgan fingerprint density at radius 2 is 1.86 bits per heavy atom. The second kappa shape index (κ2) is 10.5. The van der Waals surface area contributed by atoms with Crippen molar-refractivity contribution in [3.63, 3.8) is 0 Å². The number of carbonyl (C=O) groups excluding carboxylic acids is 1. The summed E-state index contributed by atoms with van der Waals surface area (Å²) in [4.78, 5) is 12.5. The zero-order valence-electron chi connectivity index (χ0n) is 16.6. The van der Waals surface area contributed by atoms with E-state index in [1.54, 1.807) is 42.5 Å². The first-order chi connectivity index (χ1) is 13.7. The number of halogens is 1. The van der Waals surface area contributed by atoms with Crippen LogP contribution in [-0.2, 0) is 20.6 Å². The molecular weight excluding hydrogens is 415 g/mol. The van der Waals surface area contributed by atoms with Gasteiger partial charge in [-0.15, -0.1) is 0 Å². The third-order valence-corrected chi connectivity index (χ3v) is 6.43. The van der Waals surface area contributed by atoms with Crippen LogP contribution in [0.15, 0.2) is 48.5 Å². The van der Waals surface area contributed by atoms with Crippen molar-refractivity contribution in [1.29, 1.82) is 0 Å². The van der Waals surface area contributed by atoms with Crippen LogP contribution < -0.4 is 14.4 Å². The third kappa shape index (κ3) is 6.64. The van der Waals surface area contributed by atoms with E-state index in [0.717, 1.165) is 10.6 Å². The summed E-state index contributed by atoms with van der Waals surface area (Å²) in [5.74, 6) is 1.01. The van der Waals surface area contributed by atoms with Crippen molar-refractivity contribution >= 4 is 33.4 Å². The number of nitrogens with one attached hydrogen (secondary N) is 1. The molecule has 0 aliphatic carbocycles. The van der Waals surface area contributed by atoms with Gasteiger partial charge in [0.15, 0.2) is 0 Å². The van der Waals surface area contributed by atoms with E-state index in [-0.39, 0.29) is 5.82 Å². The zero-order valence-corrected chi connectivity index (χ0v) is 18.2. The first-order valence-electron chi connectivity index (χ1n) is 8.96. The van der Waals surface area contributed by atoms with E-state index in [4.69, 9.17) is 4.74 Å². The lowest BCUT2D eigenvalue weighted by atomic mass is 10.2. The van der Waals surface area contributed by atoms with Crippen LogP contribution in [-0.4, -0.2) is 46.0 Å². The molecule has 1 amide bonds. The van der Waals surface area contributed by atoms with Crippen molar-refractivity contribution in [2.24, 2.45) is 0 Å². The predicted octanol–water partition coefficient (Wildman–Crippen LogP) is 3.04. The second-order valence-electron chi connectivity index (χ2n) is 6.37. The zero-order chi connectivity index (χ0) is 21.4. The lowest BCUT2D eigenvalue weighted by Crippen LogP contribution is -2.48. The molecule has 1 atom stereocenters. The van der Waals surface area contributed by atoms with Gasteiger partial charge in [-0.1, -0.05) is 18.2 Å². The Labute approximate surface area is 175 Å². The Morgan fingerprint density at radius 1 is 1.21 bits per heavy atom. The lowest BCUT2D eigenvalue weighted by Gasteiger charge is -2.28. The average molecular weight is 441 g/mol. The Bertz CT molecular complexity index is 920. The van der Waals surface area contributed by atoms with Crippen LogP contribution in [0.2, 0.25) is 0 Å². The number of anilines is 1. The van der Waals surface area contributed by atoms with Crippen molar-refractivity contribution in [3.05, 3.63) is 59.9 Å². The molecule has 0 heterocycles. The molecule has 0 bridgehead atoms. The number of sulfonamides is 1. The van der Waals surface area contributed by atoms with Gasteiger partial charge in [-0.25, -0.2) is 12.8 Å². The van der Waals surface area contributed by atoms with Crippen LogP contribution in [0.4, 0.5) is 10.1 Å². The number of nitrogens with zero attached hydrogens (tertiary/aromatic N) is 1. The van der Waals surface area contributed by atoms with Gasteiger partial charge in [0.1, 0.15) is 17.6 Å². The van der Waals surface area contributed by atoms with Gasteiger partial charge in [0.25, 0.3) is 0 Å². The van der Waals surface area contributed by atoms with Crippen LogP contribution in [0.25, 0.3) is 0 Å². The Kier molecular flexibility index (Phi) is 8.33. The predicted molar refractivity (Wildman–Crippen MR) is 115 cm³/mol. The molecule has 2 rings (SSSR count). The Morgan fingerprint density at radius 3 is 2.45 bits per heavy atom. The molecule has 9 heteroatoms. The number of carbonyl (C=O) groups is 1. The standard InChI is InChI=1S/C20H25FN2O4S2/c1-15(23(29(3,25)26)17-8-10-18(27-2)11-9-17)20(24)22-12-13-28-14-16-6-4-5-7-19(16)21/h4-11,15H,12-14H2,1-3H3,(H,22,24)/t15-/m1/s1. The molecule has 0 aliphatic heterocycles. The highest BCUT2D eigenvalue weighted by Gasteiger charge is 2.28. The highest BCUT2D eigenvalue weighted by atomic mass is 32.2. The largest absolute Gasteiger partial charge is 0.497 e. The maximum atomic E-state index is 13.6. The minimum Gasteiger partial charge on any atom is -0.497 e. The molecule has 2 aromatic carbocycles.